The van der Waals surface area contributed by atoms with Crippen LogP contribution in [0.4, 0.5) is 0 Å². The van der Waals surface area contributed by atoms with E-state index >= 15 is 0 Å². The summed E-state index contributed by atoms with van der Waals surface area (Å²) in [6, 6.07) is 7.43. The molecule has 0 bridgehead atoms. The third-order valence-corrected chi connectivity index (χ3v) is 2.90. The average molecular weight is 204 g/mol. The van der Waals surface area contributed by atoms with Gasteiger partial charge in [0.2, 0.25) is 11.8 Å². The summed E-state index contributed by atoms with van der Waals surface area (Å²) in [5.41, 5.74) is 12.4. The van der Waals surface area contributed by atoms with E-state index in [0.29, 0.717) is 6.42 Å². The van der Waals surface area contributed by atoms with Crippen LogP contribution >= 0.6 is 0 Å². The molecule has 0 heterocycles. The van der Waals surface area contributed by atoms with E-state index in [4.69, 9.17) is 11.5 Å². The van der Waals surface area contributed by atoms with Gasteiger partial charge in [-0.2, -0.15) is 0 Å². The lowest BCUT2D eigenvalue weighted by molar-refractivity contribution is -0.128. The Hall–Kier alpha value is -1.84. The SMILES string of the molecule is NC(=O)[C@@H]1Cc2ccccc2[C@@H]1C(N)=O. The first kappa shape index (κ1) is 9.71. The molecule has 1 aliphatic rings. The first-order valence-electron chi connectivity index (χ1n) is 4.77. The molecule has 1 aromatic rings. The summed E-state index contributed by atoms with van der Waals surface area (Å²) in [7, 11) is 0. The van der Waals surface area contributed by atoms with Crippen molar-refractivity contribution in [2.75, 3.05) is 0 Å². The molecular formula is C11H12N2O2. The van der Waals surface area contributed by atoms with E-state index in [0.717, 1.165) is 11.1 Å². The van der Waals surface area contributed by atoms with Gasteiger partial charge < -0.3 is 11.5 Å². The first-order chi connectivity index (χ1) is 7.11. The van der Waals surface area contributed by atoms with E-state index in [1.165, 1.54) is 0 Å². The second-order valence-corrected chi connectivity index (χ2v) is 3.79. The minimum atomic E-state index is -0.557. The molecule has 15 heavy (non-hydrogen) atoms. The van der Waals surface area contributed by atoms with Crippen molar-refractivity contribution in [1.29, 1.82) is 0 Å². The third kappa shape index (κ3) is 1.48. The van der Waals surface area contributed by atoms with Gasteiger partial charge in [-0.25, -0.2) is 0 Å². The maximum atomic E-state index is 11.3. The fraction of sp³-hybridized carbons (Fsp3) is 0.273. The topological polar surface area (TPSA) is 86.2 Å². The highest BCUT2D eigenvalue weighted by Crippen LogP contribution is 2.37. The van der Waals surface area contributed by atoms with Crippen LogP contribution in [0.25, 0.3) is 0 Å². The first-order valence-corrected chi connectivity index (χ1v) is 4.77. The molecule has 0 spiro atoms. The standard InChI is InChI=1S/C11H12N2O2/c12-10(14)8-5-6-3-1-2-4-7(6)9(8)11(13)15/h1-4,8-9H,5H2,(H2,12,14)(H2,13,15)/t8-,9+/m1/s1. The Bertz CT molecular complexity index is 428. The van der Waals surface area contributed by atoms with Crippen LogP contribution in [0.2, 0.25) is 0 Å². The highest BCUT2D eigenvalue weighted by atomic mass is 16.2. The zero-order chi connectivity index (χ0) is 11.0. The predicted octanol–water partition coefficient (Wildman–Crippen LogP) is -0.0869. The number of fused-ring (bicyclic) bond motifs is 1. The second kappa shape index (κ2) is 3.38. The minimum Gasteiger partial charge on any atom is -0.369 e. The minimum absolute atomic E-state index is 0.463. The molecule has 2 amide bonds. The Morgan fingerprint density at radius 2 is 1.80 bits per heavy atom. The molecule has 0 aromatic heterocycles. The van der Waals surface area contributed by atoms with E-state index in [1.54, 1.807) is 0 Å². The number of amides is 2. The van der Waals surface area contributed by atoms with Crippen molar-refractivity contribution in [2.45, 2.75) is 12.3 Å². The Balaban J connectivity index is 2.46. The highest BCUT2D eigenvalue weighted by Gasteiger charge is 2.39. The fourth-order valence-corrected chi connectivity index (χ4v) is 2.21. The number of nitrogens with two attached hydrogens (primary N) is 2. The van der Waals surface area contributed by atoms with Crippen LogP contribution < -0.4 is 11.5 Å². The second-order valence-electron chi connectivity index (χ2n) is 3.79. The molecule has 78 valence electrons. The largest absolute Gasteiger partial charge is 0.369 e. The molecular weight excluding hydrogens is 192 g/mol. The summed E-state index contributed by atoms with van der Waals surface area (Å²) in [5.74, 6) is -1.99. The van der Waals surface area contributed by atoms with E-state index < -0.39 is 23.7 Å². The van der Waals surface area contributed by atoms with Gasteiger partial charge in [-0.15, -0.1) is 0 Å². The molecule has 1 aromatic carbocycles. The van der Waals surface area contributed by atoms with Crippen molar-refractivity contribution in [3.63, 3.8) is 0 Å². The monoisotopic (exact) mass is 204 g/mol. The van der Waals surface area contributed by atoms with Crippen molar-refractivity contribution >= 4 is 11.8 Å². The lowest BCUT2D eigenvalue weighted by atomic mass is 9.91. The van der Waals surface area contributed by atoms with Gasteiger partial charge in [0.05, 0.1) is 11.8 Å². The zero-order valence-electron chi connectivity index (χ0n) is 8.14. The van der Waals surface area contributed by atoms with Gasteiger partial charge in [-0.3, -0.25) is 9.59 Å². The van der Waals surface area contributed by atoms with Gasteiger partial charge in [0, 0.05) is 0 Å². The van der Waals surface area contributed by atoms with E-state index in [2.05, 4.69) is 0 Å². The van der Waals surface area contributed by atoms with Crippen molar-refractivity contribution in [3.8, 4) is 0 Å². The van der Waals surface area contributed by atoms with Crippen molar-refractivity contribution in [1.82, 2.24) is 0 Å². The number of benzene rings is 1. The summed E-state index contributed by atoms with van der Waals surface area (Å²) in [6.45, 7) is 0. The van der Waals surface area contributed by atoms with Crippen molar-refractivity contribution in [2.24, 2.45) is 17.4 Å². The Morgan fingerprint density at radius 3 is 2.40 bits per heavy atom. The maximum Gasteiger partial charge on any atom is 0.225 e. The third-order valence-electron chi connectivity index (χ3n) is 2.90. The summed E-state index contributed by atoms with van der Waals surface area (Å²) < 4.78 is 0. The van der Waals surface area contributed by atoms with Crippen LogP contribution in [0, 0.1) is 5.92 Å². The smallest absolute Gasteiger partial charge is 0.225 e. The fourth-order valence-electron chi connectivity index (χ4n) is 2.21. The van der Waals surface area contributed by atoms with E-state index in [1.807, 2.05) is 24.3 Å². The maximum absolute atomic E-state index is 11.3. The highest BCUT2D eigenvalue weighted by molar-refractivity contribution is 5.91. The Kier molecular flexibility index (Phi) is 2.19. The van der Waals surface area contributed by atoms with Crippen molar-refractivity contribution < 1.29 is 9.59 Å². The summed E-state index contributed by atoms with van der Waals surface area (Å²) in [5, 5.41) is 0. The molecule has 2 rings (SSSR count). The molecule has 0 radical (unpaired) electrons. The van der Waals surface area contributed by atoms with Crippen LogP contribution in [0.5, 0.6) is 0 Å². The van der Waals surface area contributed by atoms with Crippen LogP contribution in [-0.2, 0) is 16.0 Å². The molecule has 4 N–H and O–H groups in total. The number of carbonyl (C=O) groups is 2. The molecule has 2 atom stereocenters. The number of carbonyl (C=O) groups excluding carboxylic acids is 2. The quantitative estimate of drug-likeness (QED) is 0.705. The number of primary amides is 2. The van der Waals surface area contributed by atoms with Gasteiger partial charge in [-0.1, -0.05) is 24.3 Å². The summed E-state index contributed by atoms with van der Waals surface area (Å²) in [6.07, 6.45) is 0.513. The number of rotatable bonds is 2. The van der Waals surface area contributed by atoms with Gasteiger partial charge in [0.1, 0.15) is 0 Å². The average Bonchev–Trinajstić information content (AvgIpc) is 2.56. The van der Waals surface area contributed by atoms with Crippen LogP contribution in [-0.4, -0.2) is 11.8 Å². The van der Waals surface area contributed by atoms with Gasteiger partial charge in [-0.05, 0) is 17.5 Å². The molecule has 1 aliphatic carbocycles. The lowest BCUT2D eigenvalue weighted by Gasteiger charge is -2.13. The Morgan fingerprint density at radius 1 is 1.13 bits per heavy atom. The summed E-state index contributed by atoms with van der Waals surface area (Å²) in [4.78, 5) is 22.5. The van der Waals surface area contributed by atoms with Gasteiger partial charge >= 0.3 is 0 Å². The predicted molar refractivity (Wildman–Crippen MR) is 54.8 cm³/mol. The van der Waals surface area contributed by atoms with Crippen LogP contribution in [0.1, 0.15) is 17.0 Å². The lowest BCUT2D eigenvalue weighted by Crippen LogP contribution is -2.33. The molecule has 0 aliphatic heterocycles. The molecule has 0 fully saturated rings. The molecule has 0 saturated carbocycles. The van der Waals surface area contributed by atoms with Crippen LogP contribution in [0.15, 0.2) is 24.3 Å². The molecule has 0 unspecified atom stereocenters. The van der Waals surface area contributed by atoms with Gasteiger partial charge in [0.25, 0.3) is 0 Å². The number of hydrogen-bond donors (Lipinski definition) is 2. The Labute approximate surface area is 87.3 Å². The normalized spacial score (nSPS) is 23.5. The van der Waals surface area contributed by atoms with E-state index in [-0.39, 0.29) is 0 Å². The summed E-state index contributed by atoms with van der Waals surface area (Å²) >= 11 is 0. The molecule has 4 heteroatoms. The van der Waals surface area contributed by atoms with Crippen LogP contribution in [0.3, 0.4) is 0 Å². The van der Waals surface area contributed by atoms with Crippen molar-refractivity contribution in [3.05, 3.63) is 35.4 Å². The molecule has 0 saturated heterocycles. The zero-order valence-corrected chi connectivity index (χ0v) is 8.14. The van der Waals surface area contributed by atoms with Gasteiger partial charge in [0.15, 0.2) is 0 Å². The molecule has 4 nitrogen and oxygen atoms in total. The van der Waals surface area contributed by atoms with E-state index in [9.17, 15) is 9.59 Å². The number of hydrogen-bond acceptors (Lipinski definition) is 2.